The zero-order valence-electron chi connectivity index (χ0n) is 15.1. The predicted molar refractivity (Wildman–Crippen MR) is 115 cm³/mol. The smallest absolute Gasteiger partial charge is 0.209 e. The molecule has 2 aromatic rings. The topological polar surface area (TPSA) is 58.2 Å². The highest BCUT2D eigenvalue weighted by Crippen LogP contribution is 2.42. The minimum Gasteiger partial charge on any atom is -0.313 e. The number of sulfonamides is 1. The van der Waals surface area contributed by atoms with Crippen molar-refractivity contribution in [2.45, 2.75) is 31.3 Å². The van der Waals surface area contributed by atoms with E-state index in [-0.39, 0.29) is 24.4 Å². The van der Waals surface area contributed by atoms with Gasteiger partial charge in [0.15, 0.2) is 0 Å². The van der Waals surface area contributed by atoms with Crippen LogP contribution in [0.25, 0.3) is 0 Å². The predicted octanol–water partition coefficient (Wildman–Crippen LogP) is 4.65. The normalized spacial score (nSPS) is 19.3. The van der Waals surface area contributed by atoms with E-state index in [2.05, 4.69) is 22.2 Å². The van der Waals surface area contributed by atoms with Gasteiger partial charge >= 0.3 is 0 Å². The summed E-state index contributed by atoms with van der Waals surface area (Å²) in [6.07, 6.45) is 3.18. The van der Waals surface area contributed by atoms with E-state index in [0.717, 1.165) is 24.0 Å². The molecule has 0 unspecified atom stereocenters. The molecule has 148 valence electrons. The first-order valence-electron chi connectivity index (χ1n) is 8.48. The molecule has 0 aromatic heterocycles. The van der Waals surface area contributed by atoms with Crippen LogP contribution < -0.4 is 10.0 Å². The van der Waals surface area contributed by atoms with Crippen LogP contribution in [0.1, 0.15) is 47.1 Å². The van der Waals surface area contributed by atoms with E-state index in [0.29, 0.717) is 16.6 Å². The van der Waals surface area contributed by atoms with Gasteiger partial charge in [-0.3, -0.25) is 0 Å². The van der Waals surface area contributed by atoms with Gasteiger partial charge in [-0.15, -0.1) is 12.4 Å². The summed E-state index contributed by atoms with van der Waals surface area (Å²) in [5, 5.41) is 4.49. The lowest BCUT2D eigenvalue weighted by molar-refractivity contribution is 0.470. The van der Waals surface area contributed by atoms with E-state index in [4.69, 9.17) is 23.2 Å². The number of halogens is 3. The first-order valence-corrected chi connectivity index (χ1v) is 11.1. The van der Waals surface area contributed by atoms with E-state index >= 15 is 0 Å². The largest absolute Gasteiger partial charge is 0.313 e. The first-order chi connectivity index (χ1) is 12.3. The monoisotopic (exact) mass is 448 g/mol. The van der Waals surface area contributed by atoms with Gasteiger partial charge in [0, 0.05) is 18.5 Å². The first kappa shape index (κ1) is 22.5. The van der Waals surface area contributed by atoms with Crippen LogP contribution in [0.2, 0.25) is 10.0 Å². The van der Waals surface area contributed by atoms with Crippen molar-refractivity contribution in [2.24, 2.45) is 0 Å². The van der Waals surface area contributed by atoms with Crippen LogP contribution in [0, 0.1) is 0 Å². The third-order valence-corrected chi connectivity index (χ3v) is 6.29. The Balaban J connectivity index is 0.00000261. The Bertz CT molecular complexity index is 919. The van der Waals surface area contributed by atoms with E-state index in [1.54, 1.807) is 0 Å². The van der Waals surface area contributed by atoms with Crippen molar-refractivity contribution >= 4 is 45.6 Å². The van der Waals surface area contributed by atoms with Crippen LogP contribution in [0.3, 0.4) is 0 Å². The van der Waals surface area contributed by atoms with Gasteiger partial charge in [0.1, 0.15) is 0 Å². The average molecular weight is 450 g/mol. The van der Waals surface area contributed by atoms with Gasteiger partial charge in [-0.2, -0.15) is 0 Å². The Morgan fingerprint density at radius 1 is 1.04 bits per heavy atom. The summed E-state index contributed by atoms with van der Waals surface area (Å²) in [5.74, 6) is 0.251. The highest BCUT2D eigenvalue weighted by molar-refractivity contribution is 7.88. The van der Waals surface area contributed by atoms with Crippen molar-refractivity contribution in [3.05, 3.63) is 68.7 Å². The van der Waals surface area contributed by atoms with E-state index in [1.165, 1.54) is 17.4 Å². The molecule has 0 fully saturated rings. The molecule has 0 saturated carbocycles. The lowest BCUT2D eigenvalue weighted by Crippen LogP contribution is -2.25. The molecule has 0 radical (unpaired) electrons. The summed E-state index contributed by atoms with van der Waals surface area (Å²) in [6.45, 7) is 0.292. The SMILES string of the molecule is CN[C@H]1CC[C@@H](c2ccc(Cl)c(Cl)c2)c2ccc(CNS(C)(=O)=O)cc21.Cl. The van der Waals surface area contributed by atoms with Crippen molar-refractivity contribution in [1.82, 2.24) is 10.0 Å². The zero-order valence-corrected chi connectivity index (χ0v) is 18.3. The fraction of sp³-hybridized carbons (Fsp3) is 0.368. The molecule has 2 atom stereocenters. The third-order valence-electron chi connectivity index (χ3n) is 4.88. The maximum atomic E-state index is 11.4. The van der Waals surface area contributed by atoms with Crippen LogP contribution in [-0.4, -0.2) is 21.7 Å². The highest BCUT2D eigenvalue weighted by atomic mass is 35.5. The Hall–Kier alpha value is -0.820. The molecular weight excluding hydrogens is 427 g/mol. The second-order valence-corrected chi connectivity index (χ2v) is 9.35. The Labute approximate surface area is 177 Å². The number of rotatable bonds is 5. The number of hydrogen-bond donors (Lipinski definition) is 2. The molecule has 0 amide bonds. The molecule has 4 nitrogen and oxygen atoms in total. The second kappa shape index (κ2) is 9.12. The lowest BCUT2D eigenvalue weighted by Gasteiger charge is -2.32. The highest BCUT2D eigenvalue weighted by Gasteiger charge is 2.28. The molecular formula is C19H23Cl3N2O2S. The molecule has 0 bridgehead atoms. The zero-order chi connectivity index (χ0) is 18.9. The number of fused-ring (bicyclic) bond motifs is 1. The van der Waals surface area contributed by atoms with Crippen molar-refractivity contribution in [1.29, 1.82) is 0 Å². The van der Waals surface area contributed by atoms with Gasteiger partial charge in [-0.05, 0) is 54.3 Å². The van der Waals surface area contributed by atoms with Crippen molar-refractivity contribution in [2.75, 3.05) is 13.3 Å². The third kappa shape index (κ3) is 5.37. The maximum Gasteiger partial charge on any atom is 0.209 e. The molecule has 0 spiro atoms. The van der Waals surface area contributed by atoms with Gasteiger partial charge in [-0.1, -0.05) is 47.5 Å². The Morgan fingerprint density at radius 3 is 2.41 bits per heavy atom. The maximum absolute atomic E-state index is 11.4. The van der Waals surface area contributed by atoms with Gasteiger partial charge < -0.3 is 5.32 Å². The molecule has 27 heavy (non-hydrogen) atoms. The lowest BCUT2D eigenvalue weighted by atomic mass is 9.76. The van der Waals surface area contributed by atoms with Gasteiger partial charge in [0.2, 0.25) is 10.0 Å². The van der Waals surface area contributed by atoms with E-state index in [1.807, 2.05) is 31.3 Å². The second-order valence-electron chi connectivity index (χ2n) is 6.70. The number of hydrogen-bond acceptors (Lipinski definition) is 3. The van der Waals surface area contributed by atoms with Crippen molar-refractivity contribution in [3.63, 3.8) is 0 Å². The van der Waals surface area contributed by atoms with Crippen LogP contribution in [-0.2, 0) is 16.6 Å². The fourth-order valence-corrected chi connectivity index (χ4v) is 4.32. The molecule has 3 rings (SSSR count). The molecule has 0 aliphatic heterocycles. The summed E-state index contributed by atoms with van der Waals surface area (Å²) in [7, 11) is -1.26. The fourth-order valence-electron chi connectivity index (χ4n) is 3.59. The van der Waals surface area contributed by atoms with E-state index in [9.17, 15) is 8.42 Å². The number of nitrogens with one attached hydrogen (secondary N) is 2. The van der Waals surface area contributed by atoms with E-state index < -0.39 is 10.0 Å². The Morgan fingerprint density at radius 2 is 1.78 bits per heavy atom. The molecule has 1 aliphatic carbocycles. The average Bonchev–Trinajstić information content (AvgIpc) is 2.60. The minimum absolute atomic E-state index is 0. The van der Waals surface area contributed by atoms with Gasteiger partial charge in [-0.25, -0.2) is 13.1 Å². The van der Waals surface area contributed by atoms with Crippen molar-refractivity contribution in [3.8, 4) is 0 Å². The molecule has 2 aromatic carbocycles. The van der Waals surface area contributed by atoms with Crippen LogP contribution in [0.15, 0.2) is 36.4 Å². The summed E-state index contributed by atoms with van der Waals surface area (Å²) < 4.78 is 25.3. The number of benzene rings is 2. The molecule has 0 saturated heterocycles. The summed E-state index contributed by atoms with van der Waals surface area (Å²) in [6, 6.07) is 12.2. The summed E-state index contributed by atoms with van der Waals surface area (Å²) in [4.78, 5) is 0. The summed E-state index contributed by atoms with van der Waals surface area (Å²) >= 11 is 12.3. The molecule has 0 heterocycles. The van der Waals surface area contributed by atoms with Gasteiger partial charge in [0.05, 0.1) is 16.3 Å². The van der Waals surface area contributed by atoms with Crippen LogP contribution >= 0.6 is 35.6 Å². The quantitative estimate of drug-likeness (QED) is 0.698. The van der Waals surface area contributed by atoms with Crippen LogP contribution in [0.5, 0.6) is 0 Å². The van der Waals surface area contributed by atoms with Gasteiger partial charge in [0.25, 0.3) is 0 Å². The Kier molecular flexibility index (Phi) is 7.59. The minimum atomic E-state index is -3.22. The molecule has 1 aliphatic rings. The summed E-state index contributed by atoms with van der Waals surface area (Å²) in [5.41, 5.74) is 4.56. The van der Waals surface area contributed by atoms with Crippen molar-refractivity contribution < 1.29 is 8.42 Å². The molecule has 2 N–H and O–H groups in total. The standard InChI is InChI=1S/C19H22Cl2N2O2S.ClH/c1-22-19-8-6-14(13-4-7-17(20)18(21)10-13)15-5-3-12(9-16(15)19)11-23-26(2,24)25;/h3-5,7,9-10,14,19,22-23H,6,8,11H2,1-2H3;1H/t14-,19-;/m0./s1. The molecule has 8 heteroatoms. The van der Waals surface area contributed by atoms with Crippen LogP contribution in [0.4, 0.5) is 0 Å².